The van der Waals surface area contributed by atoms with Crippen LogP contribution in [0.5, 0.6) is 5.88 Å². The number of nitrogens with zero attached hydrogens (tertiary/aromatic N) is 2. The summed E-state index contributed by atoms with van der Waals surface area (Å²) in [5, 5.41) is 11.9. The van der Waals surface area contributed by atoms with Crippen molar-refractivity contribution < 1.29 is 24.2 Å². The van der Waals surface area contributed by atoms with Crippen molar-refractivity contribution in [1.29, 1.82) is 0 Å². The van der Waals surface area contributed by atoms with Crippen molar-refractivity contribution >= 4 is 11.9 Å². The predicted octanol–water partition coefficient (Wildman–Crippen LogP) is 2.19. The Kier molecular flexibility index (Phi) is 7.34. The van der Waals surface area contributed by atoms with Gasteiger partial charge in [-0.3, -0.25) is 0 Å². The van der Waals surface area contributed by atoms with Crippen LogP contribution in [0.15, 0.2) is 55.0 Å². The smallest absolute Gasteiger partial charge is 0.331 e. The number of carbonyl (C=O) groups excluding carboxylic acids is 1. The third-order valence-electron chi connectivity index (χ3n) is 3.54. The molecule has 0 aliphatic rings. The molecule has 1 unspecified atom stereocenters. The minimum atomic E-state index is -1.22. The minimum absolute atomic E-state index is 0.0566. The Bertz CT molecular complexity index is 809. The van der Waals surface area contributed by atoms with Crippen LogP contribution >= 0.6 is 0 Å². The number of carboxylic acids is 1. The lowest BCUT2D eigenvalue weighted by atomic mass is 10.1. The first-order valence-corrected chi connectivity index (χ1v) is 8.82. The fourth-order valence-electron chi connectivity index (χ4n) is 2.25. The van der Waals surface area contributed by atoms with Crippen molar-refractivity contribution in [3.05, 3.63) is 55.0 Å². The van der Waals surface area contributed by atoms with Gasteiger partial charge in [-0.25, -0.2) is 14.6 Å². The molecule has 8 nitrogen and oxygen atoms in total. The maximum atomic E-state index is 11.9. The molecule has 2 heterocycles. The molecule has 0 spiro atoms. The van der Waals surface area contributed by atoms with E-state index >= 15 is 0 Å². The Hall–Kier alpha value is -3.13. The van der Waals surface area contributed by atoms with Gasteiger partial charge in [-0.1, -0.05) is 0 Å². The number of hydrogen-bond acceptors (Lipinski definition) is 6. The summed E-state index contributed by atoms with van der Waals surface area (Å²) < 4.78 is 13.0. The van der Waals surface area contributed by atoms with Crippen LogP contribution in [-0.2, 0) is 14.3 Å². The van der Waals surface area contributed by atoms with Crippen molar-refractivity contribution in [2.75, 3.05) is 13.2 Å². The molecule has 1 atom stereocenters. The van der Waals surface area contributed by atoms with Gasteiger partial charge in [0.1, 0.15) is 18.4 Å². The standard InChI is InChI=1S/C20H25N3O5/c1-20(2,3)22-13-15(28-18(26)9-8-17(24)25)14-27-19-16(7-6-10-21-19)23-11-4-5-12-23/h4-12,15,22H,13-14H2,1-3H3,(H,24,25)/b9-8-. The molecule has 2 aromatic rings. The Balaban J connectivity index is 2.08. The second kappa shape index (κ2) is 9.70. The molecule has 0 aliphatic carbocycles. The van der Waals surface area contributed by atoms with Gasteiger partial charge in [0.05, 0.1) is 0 Å². The van der Waals surface area contributed by atoms with Crippen molar-refractivity contribution in [3.8, 4) is 11.6 Å². The van der Waals surface area contributed by atoms with Crippen molar-refractivity contribution in [2.24, 2.45) is 0 Å². The van der Waals surface area contributed by atoms with Crippen LogP contribution in [0.3, 0.4) is 0 Å². The number of carbonyl (C=O) groups is 2. The molecular formula is C20H25N3O5. The van der Waals surface area contributed by atoms with Gasteiger partial charge < -0.3 is 24.5 Å². The van der Waals surface area contributed by atoms with Gasteiger partial charge in [0.25, 0.3) is 0 Å². The molecule has 0 saturated heterocycles. The molecule has 2 N–H and O–H groups in total. The van der Waals surface area contributed by atoms with Gasteiger partial charge in [0, 0.05) is 42.8 Å². The van der Waals surface area contributed by atoms with Crippen molar-refractivity contribution in [2.45, 2.75) is 32.4 Å². The predicted molar refractivity (Wildman–Crippen MR) is 103 cm³/mol. The monoisotopic (exact) mass is 387 g/mol. The van der Waals surface area contributed by atoms with E-state index < -0.39 is 18.0 Å². The summed E-state index contributed by atoms with van der Waals surface area (Å²) in [7, 11) is 0. The molecule has 0 bridgehead atoms. The van der Waals surface area contributed by atoms with Crippen LogP contribution in [-0.4, -0.2) is 51.4 Å². The third-order valence-corrected chi connectivity index (χ3v) is 3.54. The van der Waals surface area contributed by atoms with E-state index in [2.05, 4.69) is 10.3 Å². The van der Waals surface area contributed by atoms with E-state index in [1.807, 2.05) is 55.9 Å². The fourth-order valence-corrected chi connectivity index (χ4v) is 2.25. The summed E-state index contributed by atoms with van der Waals surface area (Å²) in [6, 6.07) is 7.46. The zero-order valence-corrected chi connectivity index (χ0v) is 16.2. The van der Waals surface area contributed by atoms with Gasteiger partial charge in [-0.05, 0) is 45.0 Å². The average molecular weight is 387 g/mol. The van der Waals surface area contributed by atoms with Crippen LogP contribution in [0.4, 0.5) is 0 Å². The highest BCUT2D eigenvalue weighted by molar-refractivity contribution is 5.90. The number of nitrogens with one attached hydrogen (secondary N) is 1. The first-order chi connectivity index (χ1) is 13.2. The largest absolute Gasteiger partial charge is 0.478 e. The quantitative estimate of drug-likeness (QED) is 0.502. The van der Waals surface area contributed by atoms with E-state index in [9.17, 15) is 9.59 Å². The van der Waals surface area contributed by atoms with Crippen LogP contribution in [0, 0.1) is 0 Å². The number of pyridine rings is 1. The molecule has 0 fully saturated rings. The van der Waals surface area contributed by atoms with Gasteiger partial charge in [0.2, 0.25) is 5.88 Å². The Morgan fingerprint density at radius 3 is 2.61 bits per heavy atom. The van der Waals surface area contributed by atoms with E-state index in [0.717, 1.165) is 17.8 Å². The molecule has 0 aliphatic heterocycles. The topological polar surface area (TPSA) is 103 Å². The van der Waals surface area contributed by atoms with Crippen LogP contribution in [0.2, 0.25) is 0 Å². The normalized spacial score (nSPS) is 12.7. The highest BCUT2D eigenvalue weighted by Crippen LogP contribution is 2.20. The summed E-state index contributed by atoms with van der Waals surface area (Å²) in [5.41, 5.74) is 0.565. The molecule has 2 rings (SSSR count). The summed E-state index contributed by atoms with van der Waals surface area (Å²) in [6.45, 7) is 6.35. The van der Waals surface area contributed by atoms with Gasteiger partial charge in [-0.15, -0.1) is 0 Å². The lowest BCUT2D eigenvalue weighted by molar-refractivity contribution is -0.145. The highest BCUT2D eigenvalue weighted by Gasteiger charge is 2.19. The zero-order chi connectivity index (χ0) is 20.6. The van der Waals surface area contributed by atoms with Gasteiger partial charge in [-0.2, -0.15) is 0 Å². The summed E-state index contributed by atoms with van der Waals surface area (Å²) >= 11 is 0. The molecule has 150 valence electrons. The first-order valence-electron chi connectivity index (χ1n) is 8.82. The summed E-state index contributed by atoms with van der Waals surface area (Å²) in [6.07, 6.45) is 6.34. The second-order valence-corrected chi connectivity index (χ2v) is 7.09. The number of carboxylic acid groups (broad SMARTS) is 1. The third kappa shape index (κ3) is 7.24. The Labute approximate surface area is 163 Å². The molecule has 8 heteroatoms. The summed E-state index contributed by atoms with van der Waals surface area (Å²) in [5.74, 6) is -1.57. The van der Waals surface area contributed by atoms with E-state index in [1.54, 1.807) is 12.3 Å². The number of aromatic nitrogens is 2. The van der Waals surface area contributed by atoms with Crippen LogP contribution in [0.25, 0.3) is 5.69 Å². The van der Waals surface area contributed by atoms with Gasteiger partial charge >= 0.3 is 11.9 Å². The first kappa shape index (κ1) is 21.2. The number of aliphatic carboxylic acids is 1. The fraction of sp³-hybridized carbons (Fsp3) is 0.350. The SMILES string of the molecule is CC(C)(C)NCC(COc1ncccc1-n1cccc1)OC(=O)/C=C\C(=O)O. The van der Waals surface area contributed by atoms with Crippen LogP contribution < -0.4 is 10.1 Å². The number of rotatable bonds is 9. The lowest BCUT2D eigenvalue weighted by Crippen LogP contribution is -2.44. The molecule has 0 saturated carbocycles. The number of ether oxygens (including phenoxy) is 2. The van der Waals surface area contributed by atoms with Crippen LogP contribution in [0.1, 0.15) is 20.8 Å². The minimum Gasteiger partial charge on any atom is -0.478 e. The molecule has 28 heavy (non-hydrogen) atoms. The summed E-state index contributed by atoms with van der Waals surface area (Å²) in [4.78, 5) is 26.7. The second-order valence-electron chi connectivity index (χ2n) is 7.09. The van der Waals surface area contributed by atoms with Crippen molar-refractivity contribution in [1.82, 2.24) is 14.9 Å². The van der Waals surface area contributed by atoms with E-state index in [-0.39, 0.29) is 12.1 Å². The number of hydrogen-bond donors (Lipinski definition) is 2. The maximum absolute atomic E-state index is 11.9. The Morgan fingerprint density at radius 2 is 1.96 bits per heavy atom. The molecular weight excluding hydrogens is 362 g/mol. The van der Waals surface area contributed by atoms with E-state index in [0.29, 0.717) is 12.4 Å². The highest BCUT2D eigenvalue weighted by atomic mass is 16.6. The average Bonchev–Trinajstić information content (AvgIpc) is 3.16. The zero-order valence-electron chi connectivity index (χ0n) is 16.2. The van der Waals surface area contributed by atoms with Crippen molar-refractivity contribution in [3.63, 3.8) is 0 Å². The lowest BCUT2D eigenvalue weighted by Gasteiger charge is -2.25. The van der Waals surface area contributed by atoms with E-state index in [4.69, 9.17) is 14.6 Å². The van der Waals surface area contributed by atoms with Gasteiger partial charge in [0.15, 0.2) is 0 Å². The molecule has 2 aromatic heterocycles. The number of esters is 1. The molecule has 0 amide bonds. The van der Waals surface area contributed by atoms with E-state index in [1.165, 1.54) is 0 Å². The molecule has 0 aromatic carbocycles. The Morgan fingerprint density at radius 1 is 1.25 bits per heavy atom. The molecule has 0 radical (unpaired) electrons. The maximum Gasteiger partial charge on any atom is 0.331 e.